The minimum absolute atomic E-state index is 0.261. The van der Waals surface area contributed by atoms with Crippen LogP contribution in [-0.2, 0) is 84.6 Å². The molecular weight excluding hydrogens is 1820 g/mol. The standard InChI is InChI=1S/C23H27N5O2.C22H22N6O.C22H25N5O2.C22H21N5OS.C20H21N5O/c1-4-29-19-8-16(10-25-11-19)14-30-23-22(24)26-12-21(27-23)17-7-15(2)20-5-6-28(3)13-18(20)9-17;1-14-9-15(10-16-12-27(2)7-4-17(14)16)18-11-25-21(23)22(26-18)29-20-5-8-28-13-24-6-3-19(20)28;1-14-6-16(8-17-12-27(2)5-4-19(14)17)20-11-25-21(23)22(26-20)29-13-15-7-18(28-3)10-24-9-15;1-13-7-14(8-15-11-27(2)6-4-16(13)15)18-9-25-21(23)22(26-18)28-19-12-29-20-10-24-5-3-17(19)20;1-25-9-6-15-2-3-16(10-17(15)12-25)18-11-23-19(21)20(24-18)26-13-14-4-7-22-8-5-14/h7-12H,4-6,13-14H2,1-3H3,(H2,24,26);3,5-6,8-11,13H,4,7,12H2,1-2H3,(H2,23,25);6-11H,4-5,12-13H2,1-3H3,(H2,23,25);3,5,7-10,12H,4,6,11H2,1-2H3,(H2,23,25);2-5,7-8,10-11H,6,9,12-13H2,1H3,(H2,21,23). The number of ether oxygens (including phenoxy) is 7. The quantitative estimate of drug-likeness (QED) is 0.0446. The van der Waals surface area contributed by atoms with Gasteiger partial charge in [-0.25, -0.2) is 54.8 Å². The summed E-state index contributed by atoms with van der Waals surface area (Å²) in [6.45, 7) is 22.3. The maximum Gasteiger partial charge on any atom is 0.263 e. The number of hydrogen-bond donors (Lipinski definition) is 5. The topological polar surface area (TPSA) is 409 Å². The van der Waals surface area contributed by atoms with Gasteiger partial charge in [-0.3, -0.25) is 19.9 Å². The first-order chi connectivity index (χ1) is 69.4. The van der Waals surface area contributed by atoms with Crippen molar-refractivity contribution >= 4 is 56.0 Å². The lowest BCUT2D eigenvalue weighted by Gasteiger charge is -2.27. The summed E-state index contributed by atoms with van der Waals surface area (Å²) < 4.78 is 43.2. The van der Waals surface area contributed by atoms with E-state index in [1.54, 1.807) is 105 Å². The zero-order valence-corrected chi connectivity index (χ0v) is 83.0. The normalized spacial score (nSPS) is 14.0. The Kier molecular flexibility index (Phi) is 30.2. The van der Waals surface area contributed by atoms with E-state index in [9.17, 15) is 0 Å². The van der Waals surface area contributed by atoms with E-state index in [0.29, 0.717) is 71.4 Å². The number of rotatable bonds is 21. The number of nitrogens with two attached hydrogens (primary N) is 5. The Balaban J connectivity index is 0.000000118. The molecule has 33 nitrogen and oxygen atoms in total. The van der Waals surface area contributed by atoms with Crippen molar-refractivity contribution in [3.8, 4) is 109 Å². The first-order valence-electron chi connectivity index (χ1n) is 47.5. The van der Waals surface area contributed by atoms with Gasteiger partial charge in [-0.1, -0.05) is 12.1 Å². The predicted molar refractivity (Wildman–Crippen MR) is 557 cm³/mol. The van der Waals surface area contributed by atoms with E-state index in [1.165, 1.54) is 77.9 Å². The molecule has 0 aliphatic carbocycles. The molecule has 0 saturated heterocycles. The highest BCUT2D eigenvalue weighted by Crippen LogP contribution is 2.41. The fourth-order valence-electron chi connectivity index (χ4n) is 18.3. The van der Waals surface area contributed by atoms with Crippen molar-refractivity contribution in [2.45, 2.75) is 119 Å². The fourth-order valence-corrected chi connectivity index (χ4v) is 19.1. The van der Waals surface area contributed by atoms with Crippen molar-refractivity contribution in [3.05, 3.63) is 308 Å². The molecule has 5 aliphatic heterocycles. The van der Waals surface area contributed by atoms with Crippen molar-refractivity contribution in [3.63, 3.8) is 0 Å². The van der Waals surface area contributed by atoms with Gasteiger partial charge in [-0.2, -0.15) is 0 Å². The molecule has 0 saturated carbocycles. The van der Waals surface area contributed by atoms with Crippen molar-refractivity contribution in [1.29, 1.82) is 0 Å². The van der Waals surface area contributed by atoms with Gasteiger partial charge in [-0.05, 0) is 282 Å². The molecule has 0 spiro atoms. The van der Waals surface area contributed by atoms with E-state index in [1.807, 2.05) is 71.6 Å². The van der Waals surface area contributed by atoms with E-state index in [2.05, 4.69) is 224 Å². The van der Waals surface area contributed by atoms with Crippen LogP contribution in [0, 0.1) is 27.7 Å². The molecular formula is C109H116N26O7S. The minimum Gasteiger partial charge on any atom is -0.495 e. The van der Waals surface area contributed by atoms with E-state index < -0.39 is 0 Å². The van der Waals surface area contributed by atoms with Gasteiger partial charge in [0.15, 0.2) is 34.8 Å². The van der Waals surface area contributed by atoms with E-state index in [4.69, 9.17) is 66.8 Å². The number of benzene rings is 5. The van der Waals surface area contributed by atoms with Gasteiger partial charge in [0, 0.05) is 165 Å². The molecule has 22 rings (SSSR count). The summed E-state index contributed by atoms with van der Waals surface area (Å²) in [5.74, 6) is 5.74. The van der Waals surface area contributed by atoms with Crippen LogP contribution in [0.5, 0.6) is 52.4 Å². The Labute approximate surface area is 834 Å². The smallest absolute Gasteiger partial charge is 0.263 e. The molecule has 143 heavy (non-hydrogen) atoms. The number of likely N-dealkylation sites (N-methyl/N-ethyl adjacent to an activating group) is 5. The molecule has 0 unspecified atom stereocenters. The third kappa shape index (κ3) is 23.6. The number of aryl methyl sites for hydroxylation is 4. The number of pyridine rings is 4. The molecule has 730 valence electrons. The summed E-state index contributed by atoms with van der Waals surface area (Å²) in [6.07, 6.45) is 33.1. The molecule has 10 N–H and O–H groups in total. The average molecular weight is 1930 g/mol. The van der Waals surface area contributed by atoms with Crippen LogP contribution in [0.25, 0.3) is 71.9 Å². The van der Waals surface area contributed by atoms with Gasteiger partial charge in [-0.15, -0.1) is 11.3 Å². The third-order valence-corrected chi connectivity index (χ3v) is 26.8. The van der Waals surface area contributed by atoms with Crippen LogP contribution in [0.1, 0.15) is 102 Å². The van der Waals surface area contributed by atoms with E-state index >= 15 is 0 Å². The van der Waals surface area contributed by atoms with Gasteiger partial charge < -0.3 is 90.7 Å². The summed E-state index contributed by atoms with van der Waals surface area (Å²) in [6, 6.07) is 37.2. The molecule has 17 heterocycles. The Hall–Kier alpha value is -15.9. The van der Waals surface area contributed by atoms with Crippen LogP contribution in [0.2, 0.25) is 0 Å². The van der Waals surface area contributed by atoms with Crippen LogP contribution >= 0.6 is 11.3 Å². The molecule has 5 aliphatic rings. The van der Waals surface area contributed by atoms with Crippen LogP contribution < -0.4 is 61.8 Å². The van der Waals surface area contributed by atoms with Crippen molar-refractivity contribution in [2.75, 3.05) is 110 Å². The number of nitrogens with zero attached hydrogens (tertiary/aromatic N) is 21. The molecule has 0 radical (unpaired) electrons. The molecule has 0 amide bonds. The molecule has 0 fully saturated rings. The van der Waals surface area contributed by atoms with Crippen LogP contribution in [-0.4, -0.2) is 185 Å². The first kappa shape index (κ1) is 97.4. The second kappa shape index (κ2) is 44.3. The van der Waals surface area contributed by atoms with Crippen LogP contribution in [0.15, 0.2) is 214 Å². The SMILES string of the molecule is CCOc1cncc(COc2nc(-c3cc(C)c4c(c3)CN(C)CC4)cnc2N)c1.CN1CCc2ccc(-c3cnc(N)c(OCc4ccncc4)n3)cc2C1.COc1cncc(COc2nc(-c3cc(C)c4c(c3)CN(C)CC4)cnc2N)c1.Cc1cc(-c2cnc(N)c(Oc3ccn4cnccc34)n2)cc2c1CCN(C)C2.Cc1cc(-c2cnc(N)c(Oc3csc4cnccc34)n2)cc2c1CCN(C)C2. The summed E-state index contributed by atoms with van der Waals surface area (Å²) in [4.78, 5) is 77.0. The van der Waals surface area contributed by atoms with Crippen molar-refractivity contribution in [1.82, 2.24) is 104 Å². The number of methoxy groups -OCH3 is 1. The number of thiophene rings is 1. The highest BCUT2D eigenvalue weighted by Gasteiger charge is 2.26. The zero-order valence-electron chi connectivity index (χ0n) is 82.2. The van der Waals surface area contributed by atoms with Gasteiger partial charge in [0.2, 0.25) is 0 Å². The maximum atomic E-state index is 6.07. The Morgan fingerprint density at radius 1 is 0.343 bits per heavy atom. The Morgan fingerprint density at radius 2 is 0.734 bits per heavy atom. The third-order valence-electron chi connectivity index (χ3n) is 25.9. The average Bonchev–Trinajstić information content (AvgIpc) is 1.49. The van der Waals surface area contributed by atoms with Gasteiger partial charge >= 0.3 is 0 Å². The molecule has 5 aromatic carbocycles. The lowest BCUT2D eigenvalue weighted by molar-refractivity contribution is 0.292. The second-order valence-corrected chi connectivity index (χ2v) is 37.4. The molecule has 12 aromatic heterocycles. The summed E-state index contributed by atoms with van der Waals surface area (Å²) in [5.41, 5.74) is 61.7. The number of nitrogen functional groups attached to an aromatic ring is 5. The molecule has 17 aromatic rings. The second-order valence-electron chi connectivity index (χ2n) is 36.5. The zero-order chi connectivity index (χ0) is 99.3. The molecule has 0 bridgehead atoms. The molecule has 0 atom stereocenters. The van der Waals surface area contributed by atoms with Crippen LogP contribution in [0.3, 0.4) is 0 Å². The Bertz CT molecular complexity index is 7270. The number of aromatic nitrogens is 16. The van der Waals surface area contributed by atoms with Crippen molar-refractivity contribution < 1.29 is 33.2 Å². The van der Waals surface area contributed by atoms with Crippen molar-refractivity contribution in [2.24, 2.45) is 0 Å². The number of fused-ring (bicyclic) bond motifs is 7. The fraction of sp³-hybridized carbons (Fsp3) is 0.275. The predicted octanol–water partition coefficient (Wildman–Crippen LogP) is 17.0. The number of hydrogen-bond acceptors (Lipinski definition) is 33. The maximum absolute atomic E-state index is 6.07. The van der Waals surface area contributed by atoms with Crippen LogP contribution in [0.4, 0.5) is 29.1 Å². The summed E-state index contributed by atoms with van der Waals surface area (Å²) in [5, 5.41) is 2.93. The first-order valence-corrected chi connectivity index (χ1v) is 48.4. The van der Waals surface area contributed by atoms with E-state index in [-0.39, 0.29) is 36.5 Å². The molecule has 34 heteroatoms. The van der Waals surface area contributed by atoms with E-state index in [0.717, 1.165) is 186 Å². The minimum atomic E-state index is 0.261. The van der Waals surface area contributed by atoms with Gasteiger partial charge in [0.1, 0.15) is 37.1 Å². The van der Waals surface area contributed by atoms with Gasteiger partial charge in [0.05, 0.1) is 102 Å². The largest absolute Gasteiger partial charge is 0.495 e. The lowest BCUT2D eigenvalue weighted by Crippen LogP contribution is -2.27. The monoisotopic (exact) mass is 1930 g/mol. The number of anilines is 5. The summed E-state index contributed by atoms with van der Waals surface area (Å²) >= 11 is 1.58. The summed E-state index contributed by atoms with van der Waals surface area (Å²) in [7, 11) is 12.3. The highest BCUT2D eigenvalue weighted by molar-refractivity contribution is 7.17. The Morgan fingerprint density at radius 3 is 1.20 bits per heavy atom. The highest BCUT2D eigenvalue weighted by atomic mass is 32.1. The lowest BCUT2D eigenvalue weighted by atomic mass is 9.92. The van der Waals surface area contributed by atoms with Gasteiger partial charge in [0.25, 0.3) is 29.4 Å².